The van der Waals surface area contributed by atoms with Crippen LogP contribution in [0, 0.1) is 32.6 Å². The SMILES string of the molecule is Cc1ccc(NC(=O)C2CCN(c3c(NC(=O)C(C)C)c(C)nn3-c3ccccc3)CC2)cc1C. The van der Waals surface area contributed by atoms with Crippen LogP contribution in [0.2, 0.25) is 0 Å². The minimum absolute atomic E-state index is 0.0374. The van der Waals surface area contributed by atoms with Crippen molar-refractivity contribution in [2.45, 2.75) is 47.5 Å². The van der Waals surface area contributed by atoms with Crippen LogP contribution in [0.4, 0.5) is 17.2 Å². The Labute approximate surface area is 207 Å². The summed E-state index contributed by atoms with van der Waals surface area (Å²) in [6.07, 6.45) is 1.46. The minimum Gasteiger partial charge on any atom is -0.355 e. The standard InChI is InChI=1S/C28H35N5O2/c1-18(2)26(34)30-25-21(5)31-33(24-9-7-6-8-10-24)28(25)32-15-13-22(14-16-32)27(35)29-23-12-11-19(3)20(4)17-23/h6-12,17-18,22H,13-16H2,1-5H3,(H,29,35)(H,30,34). The molecule has 1 aromatic heterocycles. The molecule has 1 fully saturated rings. The zero-order chi connectivity index (χ0) is 25.1. The molecule has 0 bridgehead atoms. The fraction of sp³-hybridized carbons (Fsp3) is 0.393. The predicted octanol–water partition coefficient (Wildman–Crippen LogP) is 5.25. The lowest BCUT2D eigenvalue weighted by atomic mass is 9.95. The minimum atomic E-state index is -0.137. The predicted molar refractivity (Wildman–Crippen MR) is 141 cm³/mol. The Morgan fingerprint density at radius 2 is 1.63 bits per heavy atom. The molecule has 2 heterocycles. The topological polar surface area (TPSA) is 79.3 Å². The van der Waals surface area contributed by atoms with Crippen molar-refractivity contribution in [2.75, 3.05) is 28.6 Å². The average molecular weight is 474 g/mol. The molecular weight excluding hydrogens is 438 g/mol. The van der Waals surface area contributed by atoms with Crippen LogP contribution in [0.25, 0.3) is 5.69 Å². The van der Waals surface area contributed by atoms with E-state index < -0.39 is 0 Å². The van der Waals surface area contributed by atoms with E-state index in [4.69, 9.17) is 5.10 Å². The van der Waals surface area contributed by atoms with Crippen molar-refractivity contribution in [3.8, 4) is 5.69 Å². The molecule has 7 nitrogen and oxygen atoms in total. The van der Waals surface area contributed by atoms with Crippen molar-refractivity contribution in [1.82, 2.24) is 9.78 Å². The molecule has 0 aliphatic carbocycles. The molecule has 184 valence electrons. The van der Waals surface area contributed by atoms with Crippen molar-refractivity contribution in [1.29, 1.82) is 0 Å². The molecule has 0 radical (unpaired) electrons. The van der Waals surface area contributed by atoms with Crippen LogP contribution < -0.4 is 15.5 Å². The maximum atomic E-state index is 13.0. The lowest BCUT2D eigenvalue weighted by Crippen LogP contribution is -2.39. The number of rotatable bonds is 6. The van der Waals surface area contributed by atoms with Gasteiger partial charge in [0.25, 0.3) is 0 Å². The monoisotopic (exact) mass is 473 g/mol. The Kier molecular flexibility index (Phi) is 7.24. The Morgan fingerprint density at radius 1 is 0.943 bits per heavy atom. The number of hydrogen-bond acceptors (Lipinski definition) is 4. The third kappa shape index (κ3) is 5.39. The van der Waals surface area contributed by atoms with Gasteiger partial charge in [0.05, 0.1) is 11.4 Å². The van der Waals surface area contributed by atoms with Gasteiger partial charge in [-0.1, -0.05) is 38.1 Å². The van der Waals surface area contributed by atoms with Gasteiger partial charge in [-0.2, -0.15) is 5.10 Å². The summed E-state index contributed by atoms with van der Waals surface area (Å²) >= 11 is 0. The van der Waals surface area contributed by atoms with E-state index in [0.717, 1.165) is 47.0 Å². The zero-order valence-electron chi connectivity index (χ0n) is 21.3. The number of nitrogens with zero attached hydrogens (tertiary/aromatic N) is 3. The van der Waals surface area contributed by atoms with Gasteiger partial charge in [-0.25, -0.2) is 4.68 Å². The van der Waals surface area contributed by atoms with Crippen LogP contribution in [0.5, 0.6) is 0 Å². The molecule has 0 unspecified atom stereocenters. The molecule has 0 saturated carbocycles. The molecular formula is C28H35N5O2. The molecule has 35 heavy (non-hydrogen) atoms. The normalized spacial score (nSPS) is 14.3. The number of benzene rings is 2. The van der Waals surface area contributed by atoms with E-state index in [9.17, 15) is 9.59 Å². The third-order valence-electron chi connectivity index (χ3n) is 6.75. The summed E-state index contributed by atoms with van der Waals surface area (Å²) in [6, 6.07) is 16.0. The molecule has 1 aliphatic heterocycles. The van der Waals surface area contributed by atoms with E-state index in [1.54, 1.807) is 0 Å². The second kappa shape index (κ2) is 10.3. The number of carbonyl (C=O) groups is 2. The number of hydrogen-bond donors (Lipinski definition) is 2. The van der Waals surface area contributed by atoms with Gasteiger partial charge in [-0.3, -0.25) is 9.59 Å². The Hall–Kier alpha value is -3.61. The maximum Gasteiger partial charge on any atom is 0.227 e. The molecule has 1 aliphatic rings. The highest BCUT2D eigenvalue weighted by Crippen LogP contribution is 2.35. The van der Waals surface area contributed by atoms with Crippen LogP contribution in [-0.4, -0.2) is 34.7 Å². The number of carbonyl (C=O) groups excluding carboxylic acids is 2. The largest absolute Gasteiger partial charge is 0.355 e. The number of piperidine rings is 1. The van der Waals surface area contributed by atoms with E-state index in [1.807, 2.05) is 74.0 Å². The number of aryl methyl sites for hydroxylation is 3. The zero-order valence-corrected chi connectivity index (χ0v) is 21.3. The first-order chi connectivity index (χ1) is 16.7. The Balaban J connectivity index is 1.54. The molecule has 1 saturated heterocycles. The van der Waals surface area contributed by atoms with Gasteiger partial charge in [-0.15, -0.1) is 0 Å². The highest BCUT2D eigenvalue weighted by molar-refractivity contribution is 5.96. The van der Waals surface area contributed by atoms with Gasteiger partial charge < -0.3 is 15.5 Å². The first-order valence-electron chi connectivity index (χ1n) is 12.3. The smallest absolute Gasteiger partial charge is 0.227 e. The lowest BCUT2D eigenvalue weighted by molar-refractivity contribution is -0.120. The average Bonchev–Trinajstić information content (AvgIpc) is 3.17. The summed E-state index contributed by atoms with van der Waals surface area (Å²) in [4.78, 5) is 27.8. The van der Waals surface area contributed by atoms with E-state index in [0.29, 0.717) is 13.1 Å². The van der Waals surface area contributed by atoms with Gasteiger partial charge >= 0.3 is 0 Å². The van der Waals surface area contributed by atoms with Crippen LogP contribution in [0.15, 0.2) is 48.5 Å². The molecule has 2 amide bonds. The maximum absolute atomic E-state index is 13.0. The summed E-state index contributed by atoms with van der Waals surface area (Å²) in [5, 5.41) is 11.0. The quantitative estimate of drug-likeness (QED) is 0.513. The summed E-state index contributed by atoms with van der Waals surface area (Å²) in [6.45, 7) is 11.2. The van der Waals surface area contributed by atoms with Crippen molar-refractivity contribution in [3.05, 3.63) is 65.4 Å². The molecule has 0 atom stereocenters. The second-order valence-electron chi connectivity index (χ2n) is 9.72. The van der Waals surface area contributed by atoms with Gasteiger partial charge in [0.2, 0.25) is 11.8 Å². The van der Waals surface area contributed by atoms with Crippen LogP contribution in [0.1, 0.15) is 43.5 Å². The molecule has 3 aromatic rings. The van der Waals surface area contributed by atoms with Crippen molar-refractivity contribution >= 4 is 29.0 Å². The fourth-order valence-electron chi connectivity index (χ4n) is 4.39. The highest BCUT2D eigenvalue weighted by atomic mass is 16.2. The number of aromatic nitrogens is 2. The number of para-hydroxylation sites is 1. The van der Waals surface area contributed by atoms with Gasteiger partial charge in [0, 0.05) is 30.6 Å². The second-order valence-corrected chi connectivity index (χ2v) is 9.72. The van der Waals surface area contributed by atoms with Crippen molar-refractivity contribution in [3.63, 3.8) is 0 Å². The summed E-state index contributed by atoms with van der Waals surface area (Å²) in [5.74, 6) is 0.701. The van der Waals surface area contributed by atoms with Crippen LogP contribution in [-0.2, 0) is 9.59 Å². The summed E-state index contributed by atoms with van der Waals surface area (Å²) < 4.78 is 1.90. The van der Waals surface area contributed by atoms with Gasteiger partial charge in [0.15, 0.2) is 5.82 Å². The van der Waals surface area contributed by atoms with Crippen molar-refractivity contribution < 1.29 is 9.59 Å². The van der Waals surface area contributed by atoms with Gasteiger partial charge in [0.1, 0.15) is 5.69 Å². The first-order valence-corrected chi connectivity index (χ1v) is 12.3. The number of nitrogens with one attached hydrogen (secondary N) is 2. The van der Waals surface area contributed by atoms with Crippen LogP contribution in [0.3, 0.4) is 0 Å². The van der Waals surface area contributed by atoms with E-state index in [2.05, 4.69) is 29.4 Å². The number of anilines is 3. The fourth-order valence-corrected chi connectivity index (χ4v) is 4.39. The molecule has 2 aromatic carbocycles. The lowest BCUT2D eigenvalue weighted by Gasteiger charge is -2.33. The van der Waals surface area contributed by atoms with E-state index >= 15 is 0 Å². The van der Waals surface area contributed by atoms with E-state index in [1.165, 1.54) is 5.56 Å². The Bertz CT molecular complexity index is 1210. The summed E-state index contributed by atoms with van der Waals surface area (Å²) in [7, 11) is 0. The van der Waals surface area contributed by atoms with Gasteiger partial charge in [-0.05, 0) is 69.0 Å². The number of amides is 2. The highest BCUT2D eigenvalue weighted by Gasteiger charge is 2.30. The third-order valence-corrected chi connectivity index (χ3v) is 6.75. The molecule has 2 N–H and O–H groups in total. The van der Waals surface area contributed by atoms with Crippen molar-refractivity contribution in [2.24, 2.45) is 11.8 Å². The first kappa shape index (κ1) is 24.5. The molecule has 4 rings (SSSR count). The van der Waals surface area contributed by atoms with E-state index in [-0.39, 0.29) is 23.7 Å². The summed E-state index contributed by atoms with van der Waals surface area (Å²) in [5.41, 5.74) is 5.67. The molecule has 0 spiro atoms. The Morgan fingerprint density at radius 3 is 2.26 bits per heavy atom. The molecule has 7 heteroatoms. The van der Waals surface area contributed by atoms with Crippen LogP contribution >= 0.6 is 0 Å².